The van der Waals surface area contributed by atoms with E-state index in [0.717, 1.165) is 5.56 Å². The molecule has 0 aliphatic carbocycles. The Kier molecular flexibility index (Phi) is 7.62. The van der Waals surface area contributed by atoms with Gasteiger partial charge in [-0.3, -0.25) is 0 Å². The second-order valence-corrected chi connectivity index (χ2v) is 7.11. The van der Waals surface area contributed by atoms with Crippen LogP contribution in [0.1, 0.15) is 17.9 Å². The van der Waals surface area contributed by atoms with Gasteiger partial charge in [0.25, 0.3) is 0 Å². The topological polar surface area (TPSA) is 74.2 Å². The van der Waals surface area contributed by atoms with E-state index >= 15 is 0 Å². The maximum absolute atomic E-state index is 12.3. The average Bonchev–Trinajstić information content (AvgIpc) is 3.16. The van der Waals surface area contributed by atoms with E-state index in [1.54, 1.807) is 11.3 Å². The molecule has 1 aliphatic rings. The molecule has 0 amide bonds. The van der Waals surface area contributed by atoms with Crippen molar-refractivity contribution in [2.45, 2.75) is 18.6 Å². The molecule has 1 aromatic heterocycles. The third-order valence-corrected chi connectivity index (χ3v) is 5.25. The van der Waals surface area contributed by atoms with E-state index in [1.807, 2.05) is 18.2 Å². The first-order valence-electron chi connectivity index (χ1n) is 9.15. The van der Waals surface area contributed by atoms with Crippen LogP contribution in [0.25, 0.3) is 10.1 Å². The molecule has 3 rings (SSSR count). The first-order valence-corrected chi connectivity index (χ1v) is 10.0. The van der Waals surface area contributed by atoms with Gasteiger partial charge in [-0.25, -0.2) is 4.79 Å². The van der Waals surface area contributed by atoms with Crippen LogP contribution in [0.3, 0.4) is 0 Å². The monoisotopic (exact) mass is 404 g/mol. The number of aliphatic hydroxyl groups is 1. The van der Waals surface area contributed by atoms with Crippen LogP contribution in [-0.4, -0.2) is 50.4 Å². The van der Waals surface area contributed by atoms with Crippen LogP contribution in [0, 0.1) is 0 Å². The summed E-state index contributed by atoms with van der Waals surface area (Å²) in [6, 6.07) is 8.18. The first kappa shape index (κ1) is 20.5. The van der Waals surface area contributed by atoms with Crippen molar-refractivity contribution in [2.75, 3.05) is 33.0 Å². The normalized spacial score (nSPS) is 19.1. The lowest BCUT2D eigenvalue weighted by Gasteiger charge is -2.28. The fourth-order valence-corrected chi connectivity index (χ4v) is 4.04. The molecule has 150 valence electrons. The highest BCUT2D eigenvalue weighted by atomic mass is 32.1. The predicted molar refractivity (Wildman–Crippen MR) is 107 cm³/mol. The highest BCUT2D eigenvalue weighted by molar-refractivity contribution is 7.17. The number of carbonyl (C=O) groups excluding carboxylic acids is 1. The van der Waals surface area contributed by atoms with Gasteiger partial charge in [0.1, 0.15) is 6.61 Å². The van der Waals surface area contributed by atoms with Gasteiger partial charge >= 0.3 is 5.97 Å². The van der Waals surface area contributed by atoms with E-state index in [9.17, 15) is 4.79 Å². The zero-order valence-electron chi connectivity index (χ0n) is 15.5. The fraction of sp³-hybridized carbons (Fsp3) is 0.381. The molecule has 1 N–H and O–H groups in total. The zero-order chi connectivity index (χ0) is 19.8. The minimum atomic E-state index is -0.585. The van der Waals surface area contributed by atoms with Crippen molar-refractivity contribution >= 4 is 27.4 Å². The van der Waals surface area contributed by atoms with E-state index in [0.29, 0.717) is 19.6 Å². The van der Waals surface area contributed by atoms with E-state index in [4.69, 9.17) is 24.1 Å². The number of hydrogen-bond donors (Lipinski definition) is 1. The highest BCUT2D eigenvalue weighted by Crippen LogP contribution is 2.38. The van der Waals surface area contributed by atoms with Crippen molar-refractivity contribution in [3.05, 3.63) is 59.7 Å². The molecular formula is C21H24O6S. The Morgan fingerprint density at radius 3 is 3.00 bits per heavy atom. The SMILES string of the molecule is C=CCOC(=O)C1=C[C@H](c2csc3ccccc23)C[C@H](OCCOCCO)O1. The Balaban J connectivity index is 1.76. The van der Waals surface area contributed by atoms with Crippen molar-refractivity contribution in [3.63, 3.8) is 0 Å². The van der Waals surface area contributed by atoms with Crippen LogP contribution in [0.2, 0.25) is 0 Å². The van der Waals surface area contributed by atoms with Gasteiger partial charge in [0.15, 0.2) is 0 Å². The molecule has 1 aliphatic heterocycles. The van der Waals surface area contributed by atoms with Crippen molar-refractivity contribution < 1.29 is 28.8 Å². The van der Waals surface area contributed by atoms with Crippen LogP contribution in [0.15, 0.2) is 54.1 Å². The van der Waals surface area contributed by atoms with Gasteiger partial charge in [-0.1, -0.05) is 30.9 Å². The van der Waals surface area contributed by atoms with Crippen LogP contribution >= 0.6 is 11.3 Å². The Labute approximate surface area is 168 Å². The number of aliphatic hydroxyl groups excluding tert-OH is 1. The molecule has 0 spiro atoms. The largest absolute Gasteiger partial charge is 0.458 e. The molecule has 2 aromatic rings. The van der Waals surface area contributed by atoms with Gasteiger partial charge in [0.2, 0.25) is 12.0 Å². The molecule has 6 nitrogen and oxygen atoms in total. The van der Waals surface area contributed by atoms with E-state index in [1.165, 1.54) is 16.2 Å². The Bertz CT molecular complexity index is 827. The predicted octanol–water partition coefficient (Wildman–Crippen LogP) is 3.37. The summed E-state index contributed by atoms with van der Waals surface area (Å²) in [6.45, 7) is 4.54. The third kappa shape index (κ3) is 5.20. The molecule has 2 atom stereocenters. The molecule has 2 heterocycles. The molecule has 7 heteroatoms. The summed E-state index contributed by atoms with van der Waals surface area (Å²) >= 11 is 1.68. The van der Waals surface area contributed by atoms with Crippen molar-refractivity contribution in [1.82, 2.24) is 0 Å². The van der Waals surface area contributed by atoms with Gasteiger partial charge in [-0.05, 0) is 28.5 Å². The highest BCUT2D eigenvalue weighted by Gasteiger charge is 2.30. The summed E-state index contributed by atoms with van der Waals surface area (Å²) in [7, 11) is 0. The summed E-state index contributed by atoms with van der Waals surface area (Å²) in [4.78, 5) is 12.3. The standard InChI is InChI=1S/C21H24O6S/c1-2-8-26-21(23)18-12-15(13-20(27-18)25-11-10-24-9-7-22)17-14-28-19-6-4-3-5-16(17)19/h2-6,12,14-15,20,22H,1,7-11,13H2/t15-,20+/m0/s1. The number of rotatable bonds is 10. The lowest BCUT2D eigenvalue weighted by Crippen LogP contribution is -2.28. The van der Waals surface area contributed by atoms with Crippen LogP contribution < -0.4 is 0 Å². The molecule has 1 aromatic carbocycles. The number of benzene rings is 1. The maximum Gasteiger partial charge on any atom is 0.373 e. The van der Waals surface area contributed by atoms with Gasteiger partial charge < -0.3 is 24.1 Å². The summed E-state index contributed by atoms with van der Waals surface area (Å²) in [6.07, 6.45) is 3.32. The lowest BCUT2D eigenvalue weighted by molar-refractivity contribution is -0.163. The van der Waals surface area contributed by atoms with Gasteiger partial charge in [0, 0.05) is 17.0 Å². The summed E-state index contributed by atoms with van der Waals surface area (Å²) in [5, 5.41) is 12.0. The molecular weight excluding hydrogens is 380 g/mol. The number of carbonyl (C=O) groups is 1. The number of esters is 1. The fourth-order valence-electron chi connectivity index (χ4n) is 3.02. The Hall–Kier alpha value is -2.19. The van der Waals surface area contributed by atoms with Gasteiger partial charge in [0.05, 0.1) is 26.4 Å². The quantitative estimate of drug-likeness (QED) is 0.372. The van der Waals surface area contributed by atoms with Crippen LogP contribution in [0.5, 0.6) is 0 Å². The lowest BCUT2D eigenvalue weighted by atomic mass is 9.92. The number of thiophene rings is 1. The molecule has 0 unspecified atom stereocenters. The molecule has 0 saturated carbocycles. The number of ether oxygens (including phenoxy) is 4. The van der Waals surface area contributed by atoms with Crippen LogP contribution in [0.4, 0.5) is 0 Å². The Morgan fingerprint density at radius 1 is 1.32 bits per heavy atom. The molecule has 0 fully saturated rings. The van der Waals surface area contributed by atoms with E-state index in [2.05, 4.69) is 24.1 Å². The molecule has 0 bridgehead atoms. The summed E-state index contributed by atoms with van der Waals surface area (Å²) in [5.74, 6) is -0.413. The number of fused-ring (bicyclic) bond motifs is 1. The second-order valence-electron chi connectivity index (χ2n) is 6.20. The van der Waals surface area contributed by atoms with Crippen molar-refractivity contribution in [3.8, 4) is 0 Å². The van der Waals surface area contributed by atoms with E-state index in [-0.39, 0.29) is 31.5 Å². The van der Waals surface area contributed by atoms with E-state index < -0.39 is 12.3 Å². The molecule has 0 saturated heterocycles. The minimum absolute atomic E-state index is 0.0282. The zero-order valence-corrected chi connectivity index (χ0v) is 16.4. The number of allylic oxidation sites excluding steroid dienone is 1. The Morgan fingerprint density at radius 2 is 2.18 bits per heavy atom. The van der Waals surface area contributed by atoms with Crippen molar-refractivity contribution in [2.24, 2.45) is 0 Å². The van der Waals surface area contributed by atoms with Gasteiger partial charge in [-0.2, -0.15) is 0 Å². The minimum Gasteiger partial charge on any atom is -0.458 e. The smallest absolute Gasteiger partial charge is 0.373 e. The molecule has 0 radical (unpaired) electrons. The number of hydrogen-bond acceptors (Lipinski definition) is 7. The maximum atomic E-state index is 12.3. The van der Waals surface area contributed by atoms with Gasteiger partial charge in [-0.15, -0.1) is 11.3 Å². The van der Waals surface area contributed by atoms with Crippen LogP contribution in [-0.2, 0) is 23.7 Å². The van der Waals surface area contributed by atoms with Crippen molar-refractivity contribution in [1.29, 1.82) is 0 Å². The third-order valence-electron chi connectivity index (χ3n) is 4.27. The average molecular weight is 404 g/mol. The molecule has 28 heavy (non-hydrogen) atoms. The first-order chi connectivity index (χ1) is 13.7. The second kappa shape index (κ2) is 10.4. The summed E-state index contributed by atoms with van der Waals surface area (Å²) in [5.41, 5.74) is 1.14. The summed E-state index contributed by atoms with van der Waals surface area (Å²) < 4.78 is 23.0.